The standard InChI is InChI=1S/C18H20Cl2N2O4/c1-10(18(23)24)25-15-9-16(13(20)8-12(15)19)26-17-11-6-4-3-5-7-14(11)21-22(17)2/h8-10H,3-7H2,1-2H3,(H,23,24)/t10-/m0/s1. The largest absolute Gasteiger partial charge is 0.479 e. The first-order chi connectivity index (χ1) is 12.4. The first-order valence-corrected chi connectivity index (χ1v) is 9.23. The fourth-order valence-corrected chi connectivity index (χ4v) is 3.45. The molecule has 1 atom stereocenters. The van der Waals surface area contributed by atoms with Gasteiger partial charge < -0.3 is 14.6 Å². The number of carbonyl (C=O) groups is 1. The molecule has 0 saturated carbocycles. The summed E-state index contributed by atoms with van der Waals surface area (Å²) in [6.07, 6.45) is 4.18. The van der Waals surface area contributed by atoms with Crippen LogP contribution < -0.4 is 9.47 Å². The number of rotatable bonds is 5. The van der Waals surface area contributed by atoms with Crippen LogP contribution in [-0.2, 0) is 24.7 Å². The van der Waals surface area contributed by atoms with Gasteiger partial charge in [0, 0.05) is 18.7 Å². The first-order valence-electron chi connectivity index (χ1n) is 8.48. The second-order valence-electron chi connectivity index (χ2n) is 6.33. The van der Waals surface area contributed by atoms with E-state index in [9.17, 15) is 4.79 Å². The van der Waals surface area contributed by atoms with Crippen LogP contribution in [0.2, 0.25) is 10.0 Å². The molecule has 2 aromatic rings. The quantitative estimate of drug-likeness (QED) is 0.742. The molecular formula is C18H20Cl2N2O4. The van der Waals surface area contributed by atoms with Crippen molar-refractivity contribution in [2.24, 2.45) is 7.05 Å². The number of halogens is 2. The summed E-state index contributed by atoms with van der Waals surface area (Å²) in [5.74, 6) is 0.103. The van der Waals surface area contributed by atoms with Crippen LogP contribution in [0.5, 0.6) is 17.4 Å². The molecule has 0 aliphatic heterocycles. The molecule has 1 heterocycles. The van der Waals surface area contributed by atoms with Crippen molar-refractivity contribution in [3.8, 4) is 17.4 Å². The molecule has 0 radical (unpaired) electrons. The van der Waals surface area contributed by atoms with Crippen molar-refractivity contribution in [3.05, 3.63) is 33.4 Å². The van der Waals surface area contributed by atoms with E-state index in [1.807, 2.05) is 7.05 Å². The van der Waals surface area contributed by atoms with Crippen molar-refractivity contribution in [3.63, 3.8) is 0 Å². The minimum absolute atomic E-state index is 0.203. The molecule has 1 aromatic heterocycles. The Hall–Kier alpha value is -1.92. The number of aromatic nitrogens is 2. The minimum Gasteiger partial charge on any atom is -0.479 e. The molecule has 0 spiro atoms. The van der Waals surface area contributed by atoms with Gasteiger partial charge in [0.2, 0.25) is 5.88 Å². The summed E-state index contributed by atoms with van der Waals surface area (Å²) in [5, 5.41) is 14.1. The Labute approximate surface area is 161 Å². The van der Waals surface area contributed by atoms with Gasteiger partial charge in [0.05, 0.1) is 15.7 Å². The van der Waals surface area contributed by atoms with Gasteiger partial charge >= 0.3 is 5.97 Å². The van der Waals surface area contributed by atoms with Gasteiger partial charge in [-0.2, -0.15) is 5.10 Å². The predicted octanol–water partition coefficient (Wildman–Crippen LogP) is 4.64. The van der Waals surface area contributed by atoms with E-state index in [2.05, 4.69) is 5.10 Å². The molecule has 1 aliphatic carbocycles. The summed E-state index contributed by atoms with van der Waals surface area (Å²) in [7, 11) is 1.83. The molecule has 0 bridgehead atoms. The summed E-state index contributed by atoms with van der Waals surface area (Å²) in [6, 6.07) is 3.00. The van der Waals surface area contributed by atoms with Gasteiger partial charge in [0.15, 0.2) is 11.9 Å². The number of carboxylic acids is 1. The maximum absolute atomic E-state index is 11.0. The number of benzene rings is 1. The van der Waals surface area contributed by atoms with Gasteiger partial charge in [-0.25, -0.2) is 9.48 Å². The molecule has 6 nitrogen and oxygen atoms in total. The van der Waals surface area contributed by atoms with E-state index in [0.717, 1.165) is 36.9 Å². The maximum atomic E-state index is 11.0. The molecule has 1 N–H and O–H groups in total. The molecule has 1 aliphatic rings. The third-order valence-electron chi connectivity index (χ3n) is 4.36. The average molecular weight is 399 g/mol. The Morgan fingerprint density at radius 3 is 2.62 bits per heavy atom. The van der Waals surface area contributed by atoms with Gasteiger partial charge in [0.25, 0.3) is 0 Å². The summed E-state index contributed by atoms with van der Waals surface area (Å²) in [5.41, 5.74) is 2.15. The average Bonchev–Trinajstić information content (AvgIpc) is 2.74. The summed E-state index contributed by atoms with van der Waals surface area (Å²) in [4.78, 5) is 11.0. The summed E-state index contributed by atoms with van der Waals surface area (Å²) < 4.78 is 13.2. The highest BCUT2D eigenvalue weighted by molar-refractivity contribution is 6.36. The van der Waals surface area contributed by atoms with Crippen molar-refractivity contribution >= 4 is 29.2 Å². The lowest BCUT2D eigenvalue weighted by Gasteiger charge is -2.15. The molecule has 26 heavy (non-hydrogen) atoms. The van der Waals surface area contributed by atoms with Gasteiger partial charge in [-0.15, -0.1) is 0 Å². The normalized spacial score (nSPS) is 15.1. The zero-order valence-electron chi connectivity index (χ0n) is 14.6. The summed E-state index contributed by atoms with van der Waals surface area (Å²) in [6.45, 7) is 1.43. The minimum atomic E-state index is -1.09. The van der Waals surface area contributed by atoms with Gasteiger partial charge in [-0.3, -0.25) is 0 Å². The van der Waals surface area contributed by atoms with Crippen LogP contribution in [0.1, 0.15) is 37.4 Å². The first kappa shape index (κ1) is 18.9. The van der Waals surface area contributed by atoms with E-state index in [1.165, 1.54) is 25.5 Å². The van der Waals surface area contributed by atoms with Gasteiger partial charge in [-0.1, -0.05) is 29.6 Å². The number of aryl methyl sites for hydroxylation is 2. The second kappa shape index (κ2) is 7.76. The lowest BCUT2D eigenvalue weighted by atomic mass is 10.1. The highest BCUT2D eigenvalue weighted by atomic mass is 35.5. The van der Waals surface area contributed by atoms with Crippen molar-refractivity contribution in [1.29, 1.82) is 0 Å². The van der Waals surface area contributed by atoms with Crippen molar-refractivity contribution in [2.45, 2.75) is 45.1 Å². The number of hydrogen-bond donors (Lipinski definition) is 1. The Kier molecular flexibility index (Phi) is 5.63. The van der Waals surface area contributed by atoms with Crippen LogP contribution in [0.15, 0.2) is 12.1 Å². The number of ether oxygens (including phenoxy) is 2. The predicted molar refractivity (Wildman–Crippen MR) is 98.7 cm³/mol. The van der Waals surface area contributed by atoms with E-state index in [1.54, 1.807) is 4.68 Å². The van der Waals surface area contributed by atoms with Gasteiger partial charge in [0.1, 0.15) is 5.75 Å². The monoisotopic (exact) mass is 398 g/mol. The van der Waals surface area contributed by atoms with E-state index in [4.69, 9.17) is 37.8 Å². The number of hydrogen-bond acceptors (Lipinski definition) is 4. The number of aliphatic carboxylic acids is 1. The van der Waals surface area contributed by atoms with Crippen molar-refractivity contribution < 1.29 is 19.4 Å². The highest BCUT2D eigenvalue weighted by Gasteiger charge is 2.22. The fourth-order valence-electron chi connectivity index (χ4n) is 2.98. The topological polar surface area (TPSA) is 73.6 Å². The van der Waals surface area contributed by atoms with E-state index in [0.29, 0.717) is 16.7 Å². The molecule has 0 unspecified atom stereocenters. The zero-order chi connectivity index (χ0) is 18.8. The maximum Gasteiger partial charge on any atom is 0.344 e. The van der Waals surface area contributed by atoms with Gasteiger partial charge in [-0.05, 0) is 38.7 Å². The molecule has 0 amide bonds. The lowest BCUT2D eigenvalue weighted by Crippen LogP contribution is -2.23. The van der Waals surface area contributed by atoms with E-state index < -0.39 is 12.1 Å². The third kappa shape index (κ3) is 3.91. The van der Waals surface area contributed by atoms with Crippen LogP contribution in [-0.4, -0.2) is 27.0 Å². The Morgan fingerprint density at radius 1 is 1.19 bits per heavy atom. The lowest BCUT2D eigenvalue weighted by molar-refractivity contribution is -0.144. The third-order valence-corrected chi connectivity index (χ3v) is 4.95. The highest BCUT2D eigenvalue weighted by Crippen LogP contribution is 2.40. The Morgan fingerprint density at radius 2 is 1.88 bits per heavy atom. The summed E-state index contributed by atoms with van der Waals surface area (Å²) >= 11 is 12.4. The van der Waals surface area contributed by atoms with Crippen LogP contribution in [0.25, 0.3) is 0 Å². The van der Waals surface area contributed by atoms with Crippen molar-refractivity contribution in [1.82, 2.24) is 9.78 Å². The number of nitrogens with zero attached hydrogens (tertiary/aromatic N) is 2. The fraction of sp³-hybridized carbons (Fsp3) is 0.444. The molecule has 0 fully saturated rings. The molecule has 140 valence electrons. The molecule has 3 rings (SSSR count). The Bertz CT molecular complexity index is 835. The molecule has 0 saturated heterocycles. The van der Waals surface area contributed by atoms with Crippen LogP contribution >= 0.6 is 23.2 Å². The van der Waals surface area contributed by atoms with Crippen molar-refractivity contribution in [2.75, 3.05) is 0 Å². The van der Waals surface area contributed by atoms with Crippen LogP contribution in [0, 0.1) is 0 Å². The molecule has 8 heteroatoms. The smallest absolute Gasteiger partial charge is 0.344 e. The molecule has 1 aromatic carbocycles. The second-order valence-corrected chi connectivity index (χ2v) is 7.14. The Balaban J connectivity index is 1.93. The SMILES string of the molecule is C[C@H](Oc1cc(Oc2c3c(nn2C)CCCCC3)c(Cl)cc1Cl)C(=O)O. The number of carboxylic acid groups (broad SMARTS) is 1. The zero-order valence-corrected chi connectivity index (χ0v) is 16.1. The van der Waals surface area contributed by atoms with Crippen LogP contribution in [0.3, 0.4) is 0 Å². The number of fused-ring (bicyclic) bond motifs is 1. The van der Waals surface area contributed by atoms with Crippen LogP contribution in [0.4, 0.5) is 0 Å². The van der Waals surface area contributed by atoms with E-state index >= 15 is 0 Å². The molecular weight excluding hydrogens is 379 g/mol. The van der Waals surface area contributed by atoms with E-state index in [-0.39, 0.29) is 10.8 Å².